The Morgan fingerprint density at radius 2 is 1.91 bits per heavy atom. The molecule has 5 heterocycles. The van der Waals surface area contributed by atoms with Crippen molar-refractivity contribution in [3.05, 3.63) is 65.8 Å². The number of likely N-dealkylation sites (tertiary alicyclic amines) is 1. The van der Waals surface area contributed by atoms with E-state index in [-0.39, 0.29) is 0 Å². The summed E-state index contributed by atoms with van der Waals surface area (Å²) in [6.45, 7) is 7.95. The minimum atomic E-state index is 0.377. The number of fused-ring (bicyclic) bond motifs is 2. The molecule has 0 saturated carbocycles. The first kappa shape index (κ1) is 22.2. The molecule has 8 heteroatoms. The van der Waals surface area contributed by atoms with Gasteiger partial charge in [0.05, 0.1) is 28.0 Å². The van der Waals surface area contributed by atoms with E-state index in [1.807, 2.05) is 36.7 Å². The van der Waals surface area contributed by atoms with Crippen LogP contribution in [0.4, 0.5) is 0 Å². The normalized spacial score (nSPS) is 20.9. The highest BCUT2D eigenvalue weighted by atomic mass is 35.5. The predicted molar refractivity (Wildman–Crippen MR) is 140 cm³/mol. The van der Waals surface area contributed by atoms with Gasteiger partial charge in [-0.15, -0.1) is 0 Å². The number of halogens is 1. The molecule has 35 heavy (non-hydrogen) atoms. The van der Waals surface area contributed by atoms with Crippen LogP contribution in [0.2, 0.25) is 5.02 Å². The number of benzene rings is 1. The van der Waals surface area contributed by atoms with E-state index in [0.717, 1.165) is 58.3 Å². The third-order valence-corrected chi connectivity index (χ3v) is 7.97. The van der Waals surface area contributed by atoms with Crippen molar-refractivity contribution in [2.45, 2.75) is 51.6 Å². The number of aromatic nitrogens is 6. The molecule has 1 aromatic carbocycles. The summed E-state index contributed by atoms with van der Waals surface area (Å²) in [5.41, 5.74) is 6.72. The summed E-state index contributed by atoms with van der Waals surface area (Å²) in [7, 11) is 0. The van der Waals surface area contributed by atoms with Gasteiger partial charge in [-0.1, -0.05) is 31.5 Å². The van der Waals surface area contributed by atoms with E-state index < -0.39 is 0 Å². The number of rotatable bonds is 5. The number of pyridine rings is 1. The van der Waals surface area contributed by atoms with Crippen molar-refractivity contribution in [3.63, 3.8) is 0 Å². The molecule has 1 fully saturated rings. The van der Waals surface area contributed by atoms with Gasteiger partial charge in [0.2, 0.25) is 0 Å². The number of nitrogens with zero attached hydrogens (tertiary/aromatic N) is 6. The Morgan fingerprint density at radius 3 is 2.66 bits per heavy atom. The zero-order chi connectivity index (χ0) is 24.1. The highest BCUT2D eigenvalue weighted by Crippen LogP contribution is 2.42. The van der Waals surface area contributed by atoms with Crippen LogP contribution in [0.15, 0.2) is 55.1 Å². The molecule has 0 radical (unpaired) electrons. The minimum absolute atomic E-state index is 0.377. The van der Waals surface area contributed by atoms with Crippen molar-refractivity contribution in [1.29, 1.82) is 0 Å². The van der Waals surface area contributed by atoms with Crippen molar-refractivity contribution in [1.82, 2.24) is 34.7 Å². The van der Waals surface area contributed by atoms with Gasteiger partial charge in [-0.25, -0.2) is 9.50 Å². The molecular formula is C27H28ClN7. The molecule has 0 bridgehead atoms. The van der Waals surface area contributed by atoms with Crippen molar-refractivity contribution in [3.8, 4) is 22.4 Å². The minimum Gasteiger partial charge on any atom is -0.297 e. The highest BCUT2D eigenvalue weighted by molar-refractivity contribution is 6.35. The molecule has 6 rings (SSSR count). The summed E-state index contributed by atoms with van der Waals surface area (Å²) < 4.78 is 2.07. The van der Waals surface area contributed by atoms with Crippen molar-refractivity contribution >= 4 is 28.2 Å². The number of nitrogens with one attached hydrogen (secondary N) is 1. The van der Waals surface area contributed by atoms with E-state index in [9.17, 15) is 0 Å². The Hall–Kier alpha value is -3.29. The summed E-state index contributed by atoms with van der Waals surface area (Å²) in [5, 5.41) is 14.1. The lowest BCUT2D eigenvalue weighted by Gasteiger charge is -2.27. The second kappa shape index (κ2) is 8.73. The number of H-pyrrole nitrogens is 1. The highest BCUT2D eigenvalue weighted by Gasteiger charge is 2.39. The Kier molecular flexibility index (Phi) is 5.54. The largest absolute Gasteiger partial charge is 0.297 e. The predicted octanol–water partition coefficient (Wildman–Crippen LogP) is 5.96. The first-order valence-electron chi connectivity index (χ1n) is 12.3. The van der Waals surface area contributed by atoms with Crippen LogP contribution in [0.25, 0.3) is 38.9 Å². The van der Waals surface area contributed by atoms with Gasteiger partial charge in [-0.05, 0) is 56.1 Å². The third-order valence-electron chi connectivity index (χ3n) is 7.65. The number of hydrogen-bond acceptors (Lipinski definition) is 5. The van der Waals surface area contributed by atoms with Gasteiger partial charge in [0.15, 0.2) is 5.65 Å². The summed E-state index contributed by atoms with van der Waals surface area (Å²) >= 11 is 6.47. The Labute approximate surface area is 209 Å². The Morgan fingerprint density at radius 1 is 1.09 bits per heavy atom. The zero-order valence-corrected chi connectivity index (χ0v) is 20.9. The van der Waals surface area contributed by atoms with Crippen LogP contribution in [0.5, 0.6) is 0 Å². The smallest absolute Gasteiger partial charge is 0.163 e. The Bertz CT molecular complexity index is 1510. The van der Waals surface area contributed by atoms with Gasteiger partial charge in [-0.3, -0.25) is 15.0 Å². The van der Waals surface area contributed by atoms with E-state index in [1.165, 1.54) is 5.69 Å². The van der Waals surface area contributed by atoms with E-state index in [4.69, 9.17) is 21.7 Å². The monoisotopic (exact) mass is 485 g/mol. The molecular weight excluding hydrogens is 458 g/mol. The molecule has 0 aliphatic carbocycles. The first-order chi connectivity index (χ1) is 17.1. The van der Waals surface area contributed by atoms with Gasteiger partial charge in [0.25, 0.3) is 0 Å². The Balaban J connectivity index is 1.62. The molecule has 0 spiro atoms. The van der Waals surface area contributed by atoms with Crippen LogP contribution in [-0.2, 0) is 0 Å². The zero-order valence-electron chi connectivity index (χ0n) is 20.1. The van der Waals surface area contributed by atoms with Crippen LogP contribution in [0.3, 0.4) is 0 Å². The van der Waals surface area contributed by atoms with Gasteiger partial charge in [0.1, 0.15) is 5.69 Å². The van der Waals surface area contributed by atoms with E-state index in [1.54, 1.807) is 12.4 Å². The van der Waals surface area contributed by atoms with Gasteiger partial charge in [0, 0.05) is 47.5 Å². The van der Waals surface area contributed by atoms with Crippen molar-refractivity contribution in [2.75, 3.05) is 6.54 Å². The van der Waals surface area contributed by atoms with Crippen molar-refractivity contribution in [2.24, 2.45) is 0 Å². The van der Waals surface area contributed by atoms with Gasteiger partial charge >= 0.3 is 0 Å². The molecule has 7 nitrogen and oxygen atoms in total. The SMILES string of the molecule is CCC1CC(c2ccnc3c(-c4ccc(Cl)c5[nH]ncc45)c(-c4ccncc4)nn23)C(C)N1CC. The third kappa shape index (κ3) is 3.45. The molecule has 5 aromatic rings. The second-order valence-corrected chi connectivity index (χ2v) is 9.70. The van der Waals surface area contributed by atoms with Gasteiger partial charge in [-0.2, -0.15) is 10.2 Å². The van der Waals surface area contributed by atoms with Crippen LogP contribution in [0, 0.1) is 0 Å². The topological polar surface area (TPSA) is 75.0 Å². The summed E-state index contributed by atoms with van der Waals surface area (Å²) in [6, 6.07) is 11.1. The average Bonchev–Trinajstić information content (AvgIpc) is 3.60. The number of likely N-dealkylation sites (N-methyl/N-ethyl adjacent to an activating group) is 1. The molecule has 1 aliphatic rings. The van der Waals surface area contributed by atoms with Crippen LogP contribution in [0.1, 0.15) is 45.2 Å². The van der Waals surface area contributed by atoms with Crippen LogP contribution in [-0.4, -0.2) is 53.3 Å². The fraction of sp³-hybridized carbons (Fsp3) is 0.333. The molecule has 4 aromatic heterocycles. The van der Waals surface area contributed by atoms with Crippen LogP contribution >= 0.6 is 11.6 Å². The summed E-state index contributed by atoms with van der Waals surface area (Å²) in [6.07, 6.45) is 9.63. The van der Waals surface area contributed by atoms with E-state index in [0.29, 0.717) is 23.0 Å². The summed E-state index contributed by atoms with van der Waals surface area (Å²) in [4.78, 5) is 11.7. The molecule has 178 valence electrons. The lowest BCUT2D eigenvalue weighted by atomic mass is 9.95. The molecule has 0 amide bonds. The maximum atomic E-state index is 6.47. The average molecular weight is 486 g/mol. The lowest BCUT2D eigenvalue weighted by molar-refractivity contribution is 0.205. The second-order valence-electron chi connectivity index (χ2n) is 9.29. The standard InChI is InChI=1S/C27H28ClN7/c1-4-18-14-20(16(3)34(18)5-2)23-10-13-30-27-24(19-6-7-22(28)26-21(19)15-31-32-26)25(33-35(23)27)17-8-11-29-12-9-17/h6-13,15-16,18,20H,4-5,14H2,1-3H3,(H,31,32). The van der Waals surface area contributed by atoms with E-state index in [2.05, 4.69) is 51.4 Å². The van der Waals surface area contributed by atoms with Crippen LogP contribution < -0.4 is 0 Å². The number of aromatic amines is 1. The fourth-order valence-corrected chi connectivity index (χ4v) is 6.14. The maximum Gasteiger partial charge on any atom is 0.163 e. The van der Waals surface area contributed by atoms with E-state index >= 15 is 0 Å². The first-order valence-corrected chi connectivity index (χ1v) is 12.7. The molecule has 1 N–H and O–H groups in total. The maximum absolute atomic E-state index is 6.47. The molecule has 1 saturated heterocycles. The number of hydrogen-bond donors (Lipinski definition) is 1. The summed E-state index contributed by atoms with van der Waals surface area (Å²) in [5.74, 6) is 0.377. The van der Waals surface area contributed by atoms with Crippen molar-refractivity contribution < 1.29 is 0 Å². The quantitative estimate of drug-likeness (QED) is 0.332. The fourth-order valence-electron chi connectivity index (χ4n) is 5.93. The molecule has 1 aliphatic heterocycles. The molecule has 3 unspecified atom stereocenters. The lowest BCUT2D eigenvalue weighted by Crippen LogP contribution is -2.35. The van der Waals surface area contributed by atoms with Gasteiger partial charge < -0.3 is 0 Å². The molecule has 3 atom stereocenters.